The van der Waals surface area contributed by atoms with Crippen LogP contribution in [0.15, 0.2) is 55.1 Å². The number of nitrogens with zero attached hydrogens (tertiary/aromatic N) is 3. The third-order valence-corrected chi connectivity index (χ3v) is 3.63. The van der Waals surface area contributed by atoms with Gasteiger partial charge >= 0.3 is 0 Å². The summed E-state index contributed by atoms with van der Waals surface area (Å²) < 4.78 is 15.6. The molecule has 1 unspecified atom stereocenters. The normalized spacial score (nSPS) is 12.1. The molecule has 118 valence electrons. The van der Waals surface area contributed by atoms with E-state index in [0.717, 1.165) is 11.1 Å². The van der Waals surface area contributed by atoms with Gasteiger partial charge in [0.15, 0.2) is 5.82 Å². The Morgan fingerprint density at radius 2 is 2.13 bits per heavy atom. The second-order valence-corrected chi connectivity index (χ2v) is 5.28. The average Bonchev–Trinajstić information content (AvgIpc) is 3.09. The standard InChI is InChI=1S/C17H17FN4O/c1-12(14-4-2-3-13(7-14)9-23)21-15-5-6-17(16(18)8-15)22-11-19-10-20-22/h2-8,10-12,21,23H,9H2,1H3. The largest absolute Gasteiger partial charge is 0.392 e. The highest BCUT2D eigenvalue weighted by Crippen LogP contribution is 2.23. The molecule has 3 rings (SSSR count). The van der Waals surface area contributed by atoms with E-state index in [4.69, 9.17) is 0 Å². The lowest BCUT2D eigenvalue weighted by Crippen LogP contribution is -2.08. The average molecular weight is 312 g/mol. The summed E-state index contributed by atoms with van der Waals surface area (Å²) in [7, 11) is 0. The molecule has 0 saturated heterocycles. The summed E-state index contributed by atoms with van der Waals surface area (Å²) in [5.74, 6) is -0.378. The van der Waals surface area contributed by atoms with Crippen LogP contribution >= 0.6 is 0 Å². The van der Waals surface area contributed by atoms with Crippen molar-refractivity contribution in [1.29, 1.82) is 0 Å². The van der Waals surface area contributed by atoms with Crippen LogP contribution in [0.3, 0.4) is 0 Å². The van der Waals surface area contributed by atoms with Gasteiger partial charge in [0, 0.05) is 11.7 Å². The van der Waals surface area contributed by atoms with Gasteiger partial charge in [-0.15, -0.1) is 0 Å². The van der Waals surface area contributed by atoms with Crippen molar-refractivity contribution in [2.45, 2.75) is 19.6 Å². The van der Waals surface area contributed by atoms with Crippen molar-refractivity contribution in [2.24, 2.45) is 0 Å². The molecule has 0 spiro atoms. The maximum Gasteiger partial charge on any atom is 0.150 e. The number of benzene rings is 2. The van der Waals surface area contributed by atoms with Crippen LogP contribution in [-0.2, 0) is 6.61 Å². The summed E-state index contributed by atoms with van der Waals surface area (Å²) in [6.45, 7) is 1.99. The monoisotopic (exact) mass is 312 g/mol. The van der Waals surface area contributed by atoms with Gasteiger partial charge in [-0.1, -0.05) is 24.3 Å². The fourth-order valence-corrected chi connectivity index (χ4v) is 2.41. The highest BCUT2D eigenvalue weighted by Gasteiger charge is 2.10. The molecule has 6 heteroatoms. The van der Waals surface area contributed by atoms with Gasteiger partial charge in [-0.25, -0.2) is 14.1 Å². The molecule has 0 saturated carbocycles. The van der Waals surface area contributed by atoms with Gasteiger partial charge in [-0.3, -0.25) is 0 Å². The molecule has 0 fully saturated rings. The maximum absolute atomic E-state index is 14.2. The first kappa shape index (κ1) is 15.2. The Balaban J connectivity index is 1.78. The third kappa shape index (κ3) is 3.37. The highest BCUT2D eigenvalue weighted by atomic mass is 19.1. The molecule has 0 aliphatic carbocycles. The molecule has 2 aromatic carbocycles. The first-order valence-corrected chi connectivity index (χ1v) is 7.28. The maximum atomic E-state index is 14.2. The van der Waals surface area contributed by atoms with Gasteiger partial charge < -0.3 is 10.4 Å². The molecule has 0 aliphatic heterocycles. The molecule has 0 amide bonds. The summed E-state index contributed by atoms with van der Waals surface area (Å²) >= 11 is 0. The van der Waals surface area contributed by atoms with Gasteiger partial charge in [0.2, 0.25) is 0 Å². The predicted octanol–water partition coefficient (Wildman–Crippen LogP) is 3.07. The molecule has 0 bridgehead atoms. The molecule has 23 heavy (non-hydrogen) atoms. The number of hydrogen-bond acceptors (Lipinski definition) is 4. The Hall–Kier alpha value is -2.73. The molecular weight excluding hydrogens is 295 g/mol. The van der Waals surface area contributed by atoms with Crippen molar-refractivity contribution < 1.29 is 9.50 Å². The molecule has 1 aromatic heterocycles. The molecule has 3 aromatic rings. The Labute approximate surface area is 133 Å². The van der Waals surface area contributed by atoms with Gasteiger partial charge in [0.05, 0.1) is 6.61 Å². The second kappa shape index (κ2) is 6.58. The van der Waals surface area contributed by atoms with Crippen LogP contribution in [0, 0.1) is 5.82 Å². The Morgan fingerprint density at radius 3 is 2.83 bits per heavy atom. The number of nitrogens with one attached hydrogen (secondary N) is 1. The van der Waals surface area contributed by atoms with Crippen molar-refractivity contribution in [2.75, 3.05) is 5.32 Å². The van der Waals surface area contributed by atoms with Crippen LogP contribution < -0.4 is 5.32 Å². The van der Waals surface area contributed by atoms with Gasteiger partial charge in [-0.05, 0) is 36.2 Å². The summed E-state index contributed by atoms with van der Waals surface area (Å²) in [5.41, 5.74) is 2.90. The zero-order chi connectivity index (χ0) is 16.2. The van der Waals surface area contributed by atoms with Crippen LogP contribution in [0.5, 0.6) is 0 Å². The number of aromatic nitrogens is 3. The fourth-order valence-electron chi connectivity index (χ4n) is 2.41. The number of aliphatic hydroxyl groups is 1. The summed E-state index contributed by atoms with van der Waals surface area (Å²) in [4.78, 5) is 3.82. The minimum absolute atomic E-state index is 0.00178. The van der Waals surface area contributed by atoms with E-state index in [9.17, 15) is 9.50 Å². The third-order valence-electron chi connectivity index (χ3n) is 3.63. The lowest BCUT2D eigenvalue weighted by atomic mass is 10.1. The van der Waals surface area contributed by atoms with Crippen molar-refractivity contribution in [3.63, 3.8) is 0 Å². The molecule has 1 heterocycles. The second-order valence-electron chi connectivity index (χ2n) is 5.28. The van der Waals surface area contributed by atoms with E-state index in [1.807, 2.05) is 31.2 Å². The van der Waals surface area contributed by atoms with Crippen molar-refractivity contribution in [1.82, 2.24) is 14.8 Å². The van der Waals surface area contributed by atoms with Crippen LogP contribution in [0.4, 0.5) is 10.1 Å². The van der Waals surface area contributed by atoms with E-state index in [1.165, 1.54) is 23.4 Å². The van der Waals surface area contributed by atoms with Crippen LogP contribution in [-0.4, -0.2) is 19.9 Å². The minimum atomic E-state index is -0.378. The molecule has 0 radical (unpaired) electrons. The van der Waals surface area contributed by atoms with E-state index in [2.05, 4.69) is 15.4 Å². The zero-order valence-corrected chi connectivity index (χ0v) is 12.6. The van der Waals surface area contributed by atoms with Gasteiger partial charge in [-0.2, -0.15) is 5.10 Å². The molecule has 5 nitrogen and oxygen atoms in total. The smallest absolute Gasteiger partial charge is 0.150 e. The quantitative estimate of drug-likeness (QED) is 0.760. The summed E-state index contributed by atoms with van der Waals surface area (Å²) in [6, 6.07) is 12.5. The van der Waals surface area contributed by atoms with Crippen molar-refractivity contribution >= 4 is 5.69 Å². The highest BCUT2D eigenvalue weighted by molar-refractivity contribution is 5.51. The Bertz CT molecular complexity index is 789. The fraction of sp³-hybridized carbons (Fsp3) is 0.176. The predicted molar refractivity (Wildman–Crippen MR) is 85.7 cm³/mol. The molecule has 1 atom stereocenters. The van der Waals surface area contributed by atoms with Gasteiger partial charge in [0.1, 0.15) is 18.3 Å². The molecule has 2 N–H and O–H groups in total. The minimum Gasteiger partial charge on any atom is -0.392 e. The number of halogens is 1. The van der Waals surface area contributed by atoms with E-state index in [0.29, 0.717) is 11.4 Å². The molecular formula is C17H17FN4O. The van der Waals surface area contributed by atoms with E-state index >= 15 is 0 Å². The summed E-state index contributed by atoms with van der Waals surface area (Å²) in [6.07, 6.45) is 2.82. The molecule has 0 aliphatic rings. The Morgan fingerprint density at radius 1 is 1.26 bits per heavy atom. The Kier molecular flexibility index (Phi) is 4.34. The first-order chi connectivity index (χ1) is 11.2. The summed E-state index contributed by atoms with van der Waals surface area (Å²) in [5, 5.41) is 16.4. The SMILES string of the molecule is CC(Nc1ccc(-n2cncn2)c(F)c1)c1cccc(CO)c1. The zero-order valence-electron chi connectivity index (χ0n) is 12.6. The van der Waals surface area contributed by atoms with E-state index < -0.39 is 0 Å². The first-order valence-electron chi connectivity index (χ1n) is 7.28. The van der Waals surface area contributed by atoms with Crippen LogP contribution in [0.1, 0.15) is 24.1 Å². The van der Waals surface area contributed by atoms with Crippen molar-refractivity contribution in [3.05, 3.63) is 72.1 Å². The lowest BCUT2D eigenvalue weighted by molar-refractivity contribution is 0.281. The van der Waals surface area contributed by atoms with Crippen LogP contribution in [0.25, 0.3) is 5.69 Å². The lowest BCUT2D eigenvalue weighted by Gasteiger charge is -2.17. The number of rotatable bonds is 5. The van der Waals surface area contributed by atoms with Crippen LogP contribution in [0.2, 0.25) is 0 Å². The number of aliphatic hydroxyl groups excluding tert-OH is 1. The number of anilines is 1. The van der Waals surface area contributed by atoms with Gasteiger partial charge in [0.25, 0.3) is 0 Å². The van der Waals surface area contributed by atoms with E-state index in [-0.39, 0.29) is 18.5 Å². The van der Waals surface area contributed by atoms with E-state index in [1.54, 1.807) is 12.1 Å². The topological polar surface area (TPSA) is 63.0 Å². The van der Waals surface area contributed by atoms with Crippen molar-refractivity contribution in [3.8, 4) is 5.69 Å². The number of hydrogen-bond donors (Lipinski definition) is 2.